The molecule has 188 valence electrons. The monoisotopic (exact) mass is 505 g/mol. The minimum atomic E-state index is -3.43. The van der Waals surface area contributed by atoms with Gasteiger partial charge in [-0.25, -0.2) is 13.2 Å². The summed E-state index contributed by atoms with van der Waals surface area (Å²) in [5.74, 6) is -1.19. The van der Waals surface area contributed by atoms with E-state index >= 15 is 0 Å². The Morgan fingerprint density at radius 3 is 2.09 bits per heavy atom. The number of hydrogen-bond acceptors (Lipinski definition) is 9. The Bertz CT molecular complexity index is 1160. The summed E-state index contributed by atoms with van der Waals surface area (Å²) in [6, 6.07) is 14.6. The van der Waals surface area contributed by atoms with E-state index in [-0.39, 0.29) is 30.3 Å². The van der Waals surface area contributed by atoms with Crippen molar-refractivity contribution in [3.8, 4) is 0 Å². The molecule has 2 rings (SSSR count). The highest BCUT2D eigenvalue weighted by Crippen LogP contribution is 2.29. The van der Waals surface area contributed by atoms with Gasteiger partial charge in [-0.2, -0.15) is 0 Å². The summed E-state index contributed by atoms with van der Waals surface area (Å²) >= 11 is 0. The molecule has 0 unspecified atom stereocenters. The van der Waals surface area contributed by atoms with E-state index in [9.17, 15) is 28.1 Å². The van der Waals surface area contributed by atoms with Gasteiger partial charge in [-0.05, 0) is 42.5 Å². The number of carbonyl (C=O) groups is 2. The van der Waals surface area contributed by atoms with E-state index in [2.05, 4.69) is 4.84 Å². The number of unbranched alkanes of at least 4 members (excludes halogenated alkanes) is 2. The second-order valence-corrected chi connectivity index (χ2v) is 9.57. The van der Waals surface area contributed by atoms with Crippen LogP contribution >= 0.6 is 0 Å². The molecule has 0 aromatic heterocycles. The zero-order chi connectivity index (χ0) is 25.8. The Hall–Kier alpha value is -3.73. The number of hydrogen-bond donors (Lipinski definition) is 0. The Balaban J connectivity index is 2.35. The summed E-state index contributed by atoms with van der Waals surface area (Å²) in [5.41, 5.74) is 1.56. The second-order valence-electron chi connectivity index (χ2n) is 7.55. The molecule has 0 amide bonds. The van der Waals surface area contributed by atoms with Gasteiger partial charge in [0, 0.05) is 18.8 Å². The molecule has 0 aliphatic rings. The average molecular weight is 506 g/mol. The van der Waals surface area contributed by atoms with Gasteiger partial charge in [0.2, 0.25) is 0 Å². The molecular formula is C24H27NO9S. The van der Waals surface area contributed by atoms with Crippen LogP contribution in [0.5, 0.6) is 0 Å². The molecular weight excluding hydrogens is 478 g/mol. The molecule has 0 saturated heterocycles. The number of rotatable bonds is 13. The lowest BCUT2D eigenvalue weighted by Crippen LogP contribution is -2.14. The first-order chi connectivity index (χ1) is 16.6. The molecule has 0 aliphatic carbocycles. The molecule has 11 heteroatoms. The number of benzene rings is 2. The normalized spacial score (nSPS) is 11.8. The van der Waals surface area contributed by atoms with Gasteiger partial charge in [0.1, 0.15) is 6.61 Å². The fourth-order valence-electron chi connectivity index (χ4n) is 3.15. The molecule has 35 heavy (non-hydrogen) atoms. The van der Waals surface area contributed by atoms with Crippen molar-refractivity contribution in [2.75, 3.05) is 26.1 Å². The van der Waals surface area contributed by atoms with E-state index < -0.39 is 26.9 Å². The number of ether oxygens (including phenoxy) is 2. The first-order valence-electron chi connectivity index (χ1n) is 10.8. The van der Waals surface area contributed by atoms with Crippen molar-refractivity contribution in [3.63, 3.8) is 0 Å². The fraction of sp³-hybridized carbons (Fsp3) is 0.333. The Morgan fingerprint density at radius 1 is 0.886 bits per heavy atom. The van der Waals surface area contributed by atoms with Crippen molar-refractivity contribution < 1.29 is 37.4 Å². The van der Waals surface area contributed by atoms with Crippen LogP contribution in [0.3, 0.4) is 0 Å². The third kappa shape index (κ3) is 9.20. The van der Waals surface area contributed by atoms with Crippen LogP contribution in [0.4, 0.5) is 0 Å². The zero-order valence-electron chi connectivity index (χ0n) is 19.5. The average Bonchev–Trinajstić information content (AvgIpc) is 2.80. The van der Waals surface area contributed by atoms with Gasteiger partial charge in [0.05, 0.1) is 23.7 Å². The molecule has 0 fully saturated rings. The Labute approximate surface area is 203 Å². The predicted molar refractivity (Wildman–Crippen MR) is 127 cm³/mol. The number of carbonyl (C=O) groups excluding carboxylic acids is 2. The molecule has 0 spiro atoms. The maximum Gasteiger partial charge on any atom is 0.339 e. The summed E-state index contributed by atoms with van der Waals surface area (Å²) in [4.78, 5) is 39.3. The first kappa shape index (κ1) is 27.5. The highest BCUT2D eigenvalue weighted by molar-refractivity contribution is 7.90. The first-order valence-corrected chi connectivity index (χ1v) is 12.7. The van der Waals surface area contributed by atoms with Crippen LogP contribution in [0.1, 0.15) is 37.3 Å². The van der Waals surface area contributed by atoms with Crippen molar-refractivity contribution in [2.24, 2.45) is 0 Å². The van der Waals surface area contributed by atoms with Gasteiger partial charge in [-0.1, -0.05) is 42.5 Å². The lowest BCUT2D eigenvalue weighted by atomic mass is 9.95. The van der Waals surface area contributed by atoms with E-state index in [0.29, 0.717) is 36.0 Å². The van der Waals surface area contributed by atoms with Crippen LogP contribution in [0.25, 0.3) is 11.1 Å². The fourth-order valence-corrected chi connectivity index (χ4v) is 3.78. The molecule has 0 aliphatic heterocycles. The SMILES string of the molecule is CC(=O)OCC(=C(C(=O)OCCCCCO[N+](=O)[O-])c1ccccc1)c1ccc(S(C)(=O)=O)cc1. The number of nitrogens with zero attached hydrogens (tertiary/aromatic N) is 1. The van der Waals surface area contributed by atoms with Crippen molar-refractivity contribution >= 4 is 32.9 Å². The predicted octanol–water partition coefficient (Wildman–Crippen LogP) is 3.49. The van der Waals surface area contributed by atoms with Crippen LogP contribution in [-0.2, 0) is 33.7 Å². The summed E-state index contributed by atoms with van der Waals surface area (Å²) in [5, 5.41) is 9.32. The van der Waals surface area contributed by atoms with E-state index in [0.717, 1.165) is 6.26 Å². The zero-order valence-corrected chi connectivity index (χ0v) is 20.3. The molecule has 0 saturated carbocycles. The largest absolute Gasteiger partial charge is 0.462 e. The van der Waals surface area contributed by atoms with Gasteiger partial charge in [0.25, 0.3) is 5.09 Å². The maximum absolute atomic E-state index is 13.2. The lowest BCUT2D eigenvalue weighted by molar-refractivity contribution is -0.757. The van der Waals surface area contributed by atoms with Crippen molar-refractivity contribution in [1.29, 1.82) is 0 Å². The van der Waals surface area contributed by atoms with Crippen molar-refractivity contribution in [3.05, 3.63) is 75.8 Å². The summed E-state index contributed by atoms with van der Waals surface area (Å²) < 4.78 is 34.4. The van der Waals surface area contributed by atoms with E-state index in [4.69, 9.17) is 9.47 Å². The van der Waals surface area contributed by atoms with Gasteiger partial charge in [0.15, 0.2) is 9.84 Å². The molecule has 2 aromatic rings. The van der Waals surface area contributed by atoms with Crippen LogP contribution in [0.2, 0.25) is 0 Å². The molecule has 0 N–H and O–H groups in total. The summed E-state index contributed by atoms with van der Waals surface area (Å²) in [7, 11) is -3.43. The quantitative estimate of drug-likeness (QED) is 0.0999. The van der Waals surface area contributed by atoms with Crippen LogP contribution < -0.4 is 0 Å². The highest BCUT2D eigenvalue weighted by atomic mass is 32.2. The number of sulfone groups is 1. The van der Waals surface area contributed by atoms with Gasteiger partial charge in [-0.15, -0.1) is 10.1 Å². The molecule has 0 heterocycles. The highest BCUT2D eigenvalue weighted by Gasteiger charge is 2.22. The molecule has 0 atom stereocenters. The standard InChI is InChI=1S/C24H27NO9S/c1-18(26)33-17-22(19-11-13-21(14-12-19)35(2,30)31)23(20-9-5-3-6-10-20)24(27)32-15-7-4-8-16-34-25(28)29/h3,5-6,9-14H,4,7-8,15-17H2,1-2H3. The Kier molecular flexibility index (Phi) is 10.4. The van der Waals surface area contributed by atoms with E-state index in [1.165, 1.54) is 19.1 Å². The van der Waals surface area contributed by atoms with Crippen molar-refractivity contribution in [1.82, 2.24) is 0 Å². The molecule has 0 bridgehead atoms. The number of esters is 2. The molecule has 2 aromatic carbocycles. The minimum Gasteiger partial charge on any atom is -0.462 e. The maximum atomic E-state index is 13.2. The summed E-state index contributed by atoms with van der Waals surface area (Å²) in [6.07, 6.45) is 2.55. The van der Waals surface area contributed by atoms with Crippen molar-refractivity contribution in [2.45, 2.75) is 31.1 Å². The minimum absolute atomic E-state index is 0.0356. The molecule has 0 radical (unpaired) electrons. The third-order valence-electron chi connectivity index (χ3n) is 4.84. The smallest absolute Gasteiger partial charge is 0.339 e. The van der Waals surface area contributed by atoms with Crippen LogP contribution in [0.15, 0.2) is 59.5 Å². The van der Waals surface area contributed by atoms with Gasteiger partial charge in [-0.3, -0.25) is 4.79 Å². The van der Waals surface area contributed by atoms with Crippen LogP contribution in [0, 0.1) is 10.1 Å². The second kappa shape index (κ2) is 13.2. The Morgan fingerprint density at radius 2 is 1.51 bits per heavy atom. The van der Waals surface area contributed by atoms with Gasteiger partial charge >= 0.3 is 11.9 Å². The van der Waals surface area contributed by atoms with Crippen LogP contribution in [-0.4, -0.2) is 51.5 Å². The third-order valence-corrected chi connectivity index (χ3v) is 5.97. The topological polar surface area (TPSA) is 139 Å². The summed E-state index contributed by atoms with van der Waals surface area (Å²) in [6.45, 7) is 1.05. The molecule has 10 nitrogen and oxygen atoms in total. The van der Waals surface area contributed by atoms with Gasteiger partial charge < -0.3 is 14.3 Å². The lowest BCUT2D eigenvalue weighted by Gasteiger charge is -2.16. The van der Waals surface area contributed by atoms with E-state index in [1.807, 2.05) is 0 Å². The van der Waals surface area contributed by atoms with E-state index in [1.54, 1.807) is 42.5 Å².